The van der Waals surface area contributed by atoms with Crippen LogP contribution in [0.3, 0.4) is 0 Å². The van der Waals surface area contributed by atoms with Crippen LogP contribution in [0.2, 0.25) is 5.02 Å². The third-order valence-electron chi connectivity index (χ3n) is 3.18. The number of rotatable bonds is 4. The smallest absolute Gasteiger partial charge is 0.295 e. The number of azo groups is 1. The zero-order valence-corrected chi connectivity index (χ0v) is 13.1. The van der Waals surface area contributed by atoms with E-state index < -0.39 is 5.91 Å². The number of H-pyrrole nitrogens is 1. The van der Waals surface area contributed by atoms with Crippen LogP contribution in [0.4, 0.5) is 5.95 Å². The normalized spacial score (nSPS) is 11.0. The van der Waals surface area contributed by atoms with Gasteiger partial charge in [-0.15, -0.1) is 10.2 Å². The molecule has 1 aromatic carbocycles. The van der Waals surface area contributed by atoms with Gasteiger partial charge in [0.15, 0.2) is 0 Å². The highest BCUT2D eigenvalue weighted by atomic mass is 35.5. The van der Waals surface area contributed by atoms with Gasteiger partial charge in [-0.05, 0) is 29.8 Å². The monoisotopic (exact) mass is 341 g/mol. The van der Waals surface area contributed by atoms with E-state index in [1.807, 2.05) is 12.1 Å². The maximum Gasteiger partial charge on any atom is 0.295 e. The van der Waals surface area contributed by atoms with Crippen LogP contribution >= 0.6 is 11.6 Å². The van der Waals surface area contributed by atoms with Crippen LogP contribution in [0.5, 0.6) is 5.88 Å². The molecule has 1 amide bonds. The van der Waals surface area contributed by atoms with Crippen LogP contribution in [0.25, 0.3) is 0 Å². The van der Waals surface area contributed by atoms with E-state index in [0.717, 1.165) is 5.56 Å². The van der Waals surface area contributed by atoms with E-state index in [2.05, 4.69) is 25.2 Å². The first-order chi connectivity index (χ1) is 11.6. The number of amides is 1. The first kappa shape index (κ1) is 15.8. The standard InChI is InChI=1S/C16H12ClN5O2/c17-12-3-1-2-10(8-12)9-13-15(24)20-16(19-13)22-21-14(23)11-4-6-18-7-5-11/h1-8,24H,9H2,(H,19,20). The van der Waals surface area contributed by atoms with Crippen molar-refractivity contribution in [3.8, 4) is 5.88 Å². The highest BCUT2D eigenvalue weighted by Gasteiger charge is 2.10. The number of pyridine rings is 1. The van der Waals surface area contributed by atoms with Crippen molar-refractivity contribution >= 4 is 23.5 Å². The summed E-state index contributed by atoms with van der Waals surface area (Å²) in [6.45, 7) is 0. The fourth-order valence-electron chi connectivity index (χ4n) is 2.05. The molecule has 24 heavy (non-hydrogen) atoms. The molecule has 0 atom stereocenters. The first-order valence-electron chi connectivity index (χ1n) is 7.00. The summed E-state index contributed by atoms with van der Waals surface area (Å²) in [5.41, 5.74) is 1.73. The molecule has 0 aliphatic carbocycles. The van der Waals surface area contributed by atoms with Crippen molar-refractivity contribution in [3.05, 3.63) is 70.6 Å². The Morgan fingerprint density at radius 1 is 1.25 bits per heavy atom. The van der Waals surface area contributed by atoms with Crippen LogP contribution in [0, 0.1) is 0 Å². The summed E-state index contributed by atoms with van der Waals surface area (Å²) in [6, 6.07) is 10.3. The molecule has 0 radical (unpaired) electrons. The average Bonchev–Trinajstić information content (AvgIpc) is 2.93. The topological polar surface area (TPSA) is 104 Å². The number of carbonyl (C=O) groups excluding carboxylic acids is 1. The van der Waals surface area contributed by atoms with Gasteiger partial charge < -0.3 is 10.1 Å². The predicted molar refractivity (Wildman–Crippen MR) is 87.6 cm³/mol. The van der Waals surface area contributed by atoms with Crippen molar-refractivity contribution in [2.24, 2.45) is 10.2 Å². The lowest BCUT2D eigenvalue weighted by Crippen LogP contribution is -1.93. The van der Waals surface area contributed by atoms with Gasteiger partial charge in [0.2, 0.25) is 5.88 Å². The Labute approximate surface area is 142 Å². The number of carbonyl (C=O) groups is 1. The van der Waals surface area contributed by atoms with Crippen molar-refractivity contribution < 1.29 is 9.90 Å². The van der Waals surface area contributed by atoms with Crippen molar-refractivity contribution in [1.29, 1.82) is 0 Å². The second kappa shape index (κ2) is 7.01. The summed E-state index contributed by atoms with van der Waals surface area (Å²) < 4.78 is 0. The van der Waals surface area contributed by atoms with Crippen molar-refractivity contribution in [1.82, 2.24) is 15.0 Å². The molecule has 2 heterocycles. The zero-order chi connectivity index (χ0) is 16.9. The van der Waals surface area contributed by atoms with Crippen LogP contribution in [0.1, 0.15) is 21.6 Å². The van der Waals surface area contributed by atoms with Crippen LogP contribution in [-0.4, -0.2) is 26.0 Å². The van der Waals surface area contributed by atoms with Gasteiger partial charge in [0.1, 0.15) is 0 Å². The number of hydrogen-bond acceptors (Lipinski definition) is 5. The van der Waals surface area contributed by atoms with Gasteiger partial charge in [0.25, 0.3) is 11.9 Å². The Bertz CT molecular complexity index is 892. The van der Waals surface area contributed by atoms with Gasteiger partial charge in [0.05, 0.1) is 5.69 Å². The third-order valence-corrected chi connectivity index (χ3v) is 3.41. The highest BCUT2D eigenvalue weighted by molar-refractivity contribution is 6.30. The minimum Gasteiger partial charge on any atom is -0.492 e. The molecule has 0 bridgehead atoms. The molecule has 120 valence electrons. The molecule has 2 N–H and O–H groups in total. The molecule has 0 unspecified atom stereocenters. The lowest BCUT2D eigenvalue weighted by Gasteiger charge is -1.99. The summed E-state index contributed by atoms with van der Waals surface area (Å²) in [4.78, 5) is 22.3. The number of nitrogens with zero attached hydrogens (tertiary/aromatic N) is 4. The minimum absolute atomic E-state index is 0.0481. The summed E-state index contributed by atoms with van der Waals surface area (Å²) in [5, 5.41) is 17.8. The fraction of sp³-hybridized carbons (Fsp3) is 0.0625. The second-order valence-electron chi connectivity index (χ2n) is 4.91. The molecule has 8 heteroatoms. The van der Waals surface area contributed by atoms with Gasteiger partial charge >= 0.3 is 0 Å². The summed E-state index contributed by atoms with van der Waals surface area (Å²) in [5.74, 6) is -0.670. The molecule has 0 aliphatic heterocycles. The van der Waals surface area contributed by atoms with Crippen LogP contribution in [-0.2, 0) is 6.42 Å². The van der Waals surface area contributed by atoms with E-state index in [9.17, 15) is 9.90 Å². The third kappa shape index (κ3) is 3.82. The van der Waals surface area contributed by atoms with Crippen LogP contribution < -0.4 is 0 Å². The summed E-state index contributed by atoms with van der Waals surface area (Å²) in [7, 11) is 0. The Balaban J connectivity index is 1.74. The van der Waals surface area contributed by atoms with Gasteiger partial charge in [-0.1, -0.05) is 23.7 Å². The van der Waals surface area contributed by atoms with Crippen molar-refractivity contribution in [2.45, 2.75) is 6.42 Å². The summed E-state index contributed by atoms with van der Waals surface area (Å²) in [6.07, 6.45) is 3.38. The molecule has 0 fully saturated rings. The Kier molecular flexibility index (Phi) is 4.62. The number of benzene rings is 1. The van der Waals surface area contributed by atoms with E-state index in [-0.39, 0.29) is 11.8 Å². The van der Waals surface area contributed by atoms with Crippen LogP contribution in [0.15, 0.2) is 59.0 Å². The van der Waals surface area contributed by atoms with Gasteiger partial charge in [-0.3, -0.25) is 9.78 Å². The molecule has 3 aromatic rings. The number of imidazole rings is 1. The molecule has 0 saturated carbocycles. The number of aromatic hydroxyl groups is 1. The van der Waals surface area contributed by atoms with E-state index in [1.54, 1.807) is 12.1 Å². The van der Waals surface area contributed by atoms with E-state index in [4.69, 9.17) is 11.6 Å². The number of halogens is 1. The lowest BCUT2D eigenvalue weighted by molar-refractivity contribution is 0.0994. The Hall–Kier alpha value is -3.06. The minimum atomic E-state index is -0.523. The number of aromatic amines is 1. The number of nitrogens with one attached hydrogen (secondary N) is 1. The number of aromatic nitrogens is 3. The molecule has 0 saturated heterocycles. The quantitative estimate of drug-likeness (QED) is 0.706. The fourth-order valence-corrected chi connectivity index (χ4v) is 2.27. The molecule has 0 aliphatic rings. The van der Waals surface area contributed by atoms with Gasteiger partial charge in [0, 0.05) is 29.4 Å². The molecule has 2 aromatic heterocycles. The molecular formula is C16H12ClN5O2. The Morgan fingerprint density at radius 3 is 2.79 bits per heavy atom. The lowest BCUT2D eigenvalue weighted by atomic mass is 10.1. The Morgan fingerprint density at radius 2 is 2.04 bits per heavy atom. The zero-order valence-electron chi connectivity index (χ0n) is 12.3. The maximum absolute atomic E-state index is 11.8. The maximum atomic E-state index is 11.8. The van der Waals surface area contributed by atoms with Gasteiger partial charge in [-0.2, -0.15) is 4.98 Å². The molecular weight excluding hydrogens is 330 g/mol. The predicted octanol–water partition coefficient (Wildman–Crippen LogP) is 3.68. The molecule has 0 spiro atoms. The van der Waals surface area contributed by atoms with Crippen molar-refractivity contribution in [2.75, 3.05) is 0 Å². The SMILES string of the molecule is O=C(N=Nc1nc(O)c(Cc2cccc(Cl)c2)[nH]1)c1ccncc1. The van der Waals surface area contributed by atoms with E-state index >= 15 is 0 Å². The van der Waals surface area contributed by atoms with E-state index in [1.165, 1.54) is 24.5 Å². The highest BCUT2D eigenvalue weighted by Crippen LogP contribution is 2.23. The largest absolute Gasteiger partial charge is 0.492 e. The average molecular weight is 342 g/mol. The number of hydrogen-bond donors (Lipinski definition) is 2. The first-order valence-corrected chi connectivity index (χ1v) is 7.38. The van der Waals surface area contributed by atoms with Gasteiger partial charge in [-0.25, -0.2) is 0 Å². The second-order valence-corrected chi connectivity index (χ2v) is 5.35. The summed E-state index contributed by atoms with van der Waals surface area (Å²) >= 11 is 5.94. The molecule has 3 rings (SSSR count). The van der Waals surface area contributed by atoms with E-state index in [0.29, 0.717) is 22.7 Å². The van der Waals surface area contributed by atoms with Crippen molar-refractivity contribution in [3.63, 3.8) is 0 Å². The molecule has 7 nitrogen and oxygen atoms in total.